The highest BCUT2D eigenvalue weighted by Gasteiger charge is 2.53. The maximum atomic E-state index is 14.4. The third kappa shape index (κ3) is 6.89. The minimum Gasteiger partial charge on any atom is -0.378 e. The van der Waals surface area contributed by atoms with Gasteiger partial charge in [-0.15, -0.1) is 0 Å². The fourth-order valence-electron chi connectivity index (χ4n) is 5.00. The third-order valence-electron chi connectivity index (χ3n) is 7.03. The highest BCUT2D eigenvalue weighted by atomic mass is 16.7. The van der Waals surface area contributed by atoms with E-state index in [1.54, 1.807) is 42.5 Å². The molecule has 0 spiro atoms. The summed E-state index contributed by atoms with van der Waals surface area (Å²) in [5.74, 6) is -0.885. The molecule has 222 valence electrons. The zero-order chi connectivity index (χ0) is 30.3. The number of aryl methyl sites for hydroxylation is 1. The van der Waals surface area contributed by atoms with Gasteiger partial charge in [-0.1, -0.05) is 35.9 Å². The number of nitrogens with one attached hydrogen (secondary N) is 3. The van der Waals surface area contributed by atoms with Crippen LogP contribution in [0, 0.1) is 6.92 Å². The molecule has 4 rings (SSSR count). The Labute approximate surface area is 247 Å². The van der Waals surface area contributed by atoms with Crippen LogP contribution >= 0.6 is 0 Å². The van der Waals surface area contributed by atoms with Gasteiger partial charge in [-0.25, -0.2) is 4.79 Å². The first-order valence-corrected chi connectivity index (χ1v) is 14.0. The number of hydrogen-bond acceptors (Lipinski definition) is 6. The van der Waals surface area contributed by atoms with Crippen LogP contribution in [0.25, 0.3) is 0 Å². The number of nitrogens with zero attached hydrogens (tertiary/aromatic N) is 2. The number of carbonyl (C=O) groups is 3. The summed E-state index contributed by atoms with van der Waals surface area (Å²) in [7, 11) is 3.86. The minimum atomic E-state index is -1.68. The molecular weight excluding hydrogens is 534 g/mol. The van der Waals surface area contributed by atoms with Crippen LogP contribution < -0.4 is 25.8 Å². The summed E-state index contributed by atoms with van der Waals surface area (Å²) in [6, 6.07) is 21.2. The van der Waals surface area contributed by atoms with Crippen LogP contribution in [-0.2, 0) is 24.6 Å². The molecule has 0 saturated carbocycles. The van der Waals surface area contributed by atoms with E-state index in [-0.39, 0.29) is 13.0 Å². The van der Waals surface area contributed by atoms with Crippen molar-refractivity contribution in [3.8, 4) is 0 Å². The van der Waals surface area contributed by atoms with E-state index in [2.05, 4.69) is 16.0 Å². The molecule has 10 nitrogen and oxygen atoms in total. The van der Waals surface area contributed by atoms with E-state index >= 15 is 0 Å². The molecule has 4 amide bonds. The van der Waals surface area contributed by atoms with Gasteiger partial charge < -0.3 is 35.2 Å². The maximum absolute atomic E-state index is 14.4. The molecule has 0 saturated heterocycles. The molecule has 0 bridgehead atoms. The van der Waals surface area contributed by atoms with Crippen molar-refractivity contribution >= 4 is 40.6 Å². The lowest BCUT2D eigenvalue weighted by atomic mass is 9.87. The van der Waals surface area contributed by atoms with Crippen LogP contribution in [0.15, 0.2) is 72.8 Å². The molecule has 3 aromatic carbocycles. The van der Waals surface area contributed by atoms with Gasteiger partial charge in [0, 0.05) is 49.9 Å². The highest BCUT2D eigenvalue weighted by molar-refractivity contribution is 6.12. The number of anilines is 4. The SMILES string of the molecule is CCOC(CN1C(=O)[C@](CC(=O)Nc2ccc(N(C)C)cc2)(NC(=O)Nc2ccc(C)cc2)c2ccccc21)OCC. The molecule has 1 aliphatic heterocycles. The zero-order valence-electron chi connectivity index (χ0n) is 24.8. The van der Waals surface area contributed by atoms with Crippen LogP contribution in [0.4, 0.5) is 27.5 Å². The summed E-state index contributed by atoms with van der Waals surface area (Å²) in [6.45, 7) is 6.53. The van der Waals surface area contributed by atoms with E-state index in [9.17, 15) is 14.4 Å². The Morgan fingerprint density at radius 2 is 1.48 bits per heavy atom. The Kier molecular flexibility index (Phi) is 9.82. The molecule has 0 unspecified atom stereocenters. The number of urea groups is 1. The van der Waals surface area contributed by atoms with Crippen molar-refractivity contribution < 1.29 is 23.9 Å². The standard InChI is InChI=1S/C32H39N5O5/c1-6-41-29(42-7-2)21-37-27-11-9-8-10-26(27)32(30(37)39,35-31(40)34-24-14-12-22(3)13-15-24)20-28(38)33-23-16-18-25(19-17-23)36(4)5/h8-19,29H,6-7,20-21H2,1-5H3,(H,33,38)(H2,34,35,40)/t32-/m1/s1. The Balaban J connectivity index is 1.67. The Morgan fingerprint density at radius 1 is 0.881 bits per heavy atom. The van der Waals surface area contributed by atoms with E-state index in [0.29, 0.717) is 35.8 Å². The molecule has 1 heterocycles. The predicted molar refractivity (Wildman–Crippen MR) is 165 cm³/mol. The number of fused-ring (bicyclic) bond motifs is 1. The summed E-state index contributed by atoms with van der Waals surface area (Å²) in [5, 5.41) is 8.57. The topological polar surface area (TPSA) is 112 Å². The first-order chi connectivity index (χ1) is 20.2. The number of hydrogen-bond donors (Lipinski definition) is 3. The van der Waals surface area contributed by atoms with Gasteiger partial charge in [-0.3, -0.25) is 9.59 Å². The largest absolute Gasteiger partial charge is 0.378 e. The van der Waals surface area contributed by atoms with Crippen LogP contribution in [0.5, 0.6) is 0 Å². The molecule has 0 aromatic heterocycles. The molecule has 1 aliphatic rings. The molecule has 3 N–H and O–H groups in total. The van der Waals surface area contributed by atoms with Crippen LogP contribution in [0.2, 0.25) is 0 Å². The Hall–Kier alpha value is -4.41. The van der Waals surface area contributed by atoms with Crippen molar-refractivity contribution in [2.45, 2.75) is 39.0 Å². The molecular formula is C32H39N5O5. The Morgan fingerprint density at radius 3 is 2.10 bits per heavy atom. The van der Waals surface area contributed by atoms with Crippen molar-refractivity contribution in [1.82, 2.24) is 5.32 Å². The quantitative estimate of drug-likeness (QED) is 0.267. The maximum Gasteiger partial charge on any atom is 0.320 e. The second kappa shape index (κ2) is 13.5. The molecule has 1 atom stereocenters. The summed E-state index contributed by atoms with van der Waals surface area (Å²) in [4.78, 5) is 44.8. The number of amides is 4. The number of rotatable bonds is 12. The number of ether oxygens (including phenoxy) is 2. The molecule has 10 heteroatoms. The highest BCUT2D eigenvalue weighted by Crippen LogP contribution is 2.43. The van der Waals surface area contributed by atoms with Crippen molar-refractivity contribution in [3.63, 3.8) is 0 Å². The lowest BCUT2D eigenvalue weighted by Crippen LogP contribution is -2.56. The molecule has 0 aliphatic carbocycles. The van der Waals surface area contributed by atoms with Crippen LogP contribution in [-0.4, -0.2) is 58.0 Å². The molecule has 0 radical (unpaired) electrons. The van der Waals surface area contributed by atoms with Crippen LogP contribution in [0.3, 0.4) is 0 Å². The van der Waals surface area contributed by atoms with E-state index in [4.69, 9.17) is 9.47 Å². The van der Waals surface area contributed by atoms with E-state index in [1.165, 1.54) is 4.90 Å². The van der Waals surface area contributed by atoms with Crippen molar-refractivity contribution in [1.29, 1.82) is 0 Å². The predicted octanol–water partition coefficient (Wildman–Crippen LogP) is 4.85. The summed E-state index contributed by atoms with van der Waals surface area (Å²) in [6.07, 6.45) is -1.01. The van der Waals surface area contributed by atoms with Crippen molar-refractivity contribution in [2.75, 3.05) is 54.3 Å². The van der Waals surface area contributed by atoms with Crippen LogP contribution in [0.1, 0.15) is 31.4 Å². The normalized spacial score (nSPS) is 15.9. The summed E-state index contributed by atoms with van der Waals surface area (Å²) < 4.78 is 11.5. The van der Waals surface area contributed by atoms with Gasteiger partial charge in [0.1, 0.15) is 0 Å². The third-order valence-corrected chi connectivity index (χ3v) is 7.03. The fraction of sp³-hybridized carbons (Fsp3) is 0.344. The van der Waals surface area contributed by atoms with E-state index in [1.807, 2.05) is 70.1 Å². The van der Waals surface area contributed by atoms with E-state index < -0.39 is 29.7 Å². The first-order valence-electron chi connectivity index (χ1n) is 14.0. The lowest BCUT2D eigenvalue weighted by Gasteiger charge is -2.30. The smallest absolute Gasteiger partial charge is 0.320 e. The number of carbonyl (C=O) groups excluding carboxylic acids is 3. The molecule has 42 heavy (non-hydrogen) atoms. The number of para-hydroxylation sites is 1. The molecule has 3 aromatic rings. The van der Waals surface area contributed by atoms with Gasteiger partial charge in [0.25, 0.3) is 5.91 Å². The average Bonchev–Trinajstić information content (AvgIpc) is 3.17. The van der Waals surface area contributed by atoms with Gasteiger partial charge in [0.05, 0.1) is 18.7 Å². The van der Waals surface area contributed by atoms with Gasteiger partial charge in [0.15, 0.2) is 11.8 Å². The Bertz CT molecular complexity index is 1390. The monoisotopic (exact) mass is 573 g/mol. The van der Waals surface area contributed by atoms with Crippen molar-refractivity contribution in [2.24, 2.45) is 0 Å². The first kappa shape index (κ1) is 30.5. The second-order valence-electron chi connectivity index (χ2n) is 10.3. The number of benzene rings is 3. The van der Waals surface area contributed by atoms with Gasteiger partial charge >= 0.3 is 6.03 Å². The fourth-order valence-corrected chi connectivity index (χ4v) is 5.00. The minimum absolute atomic E-state index is 0.0914. The van der Waals surface area contributed by atoms with E-state index in [0.717, 1.165) is 11.3 Å². The second-order valence-corrected chi connectivity index (χ2v) is 10.3. The van der Waals surface area contributed by atoms with Gasteiger partial charge in [-0.05, 0) is 63.2 Å². The summed E-state index contributed by atoms with van der Waals surface area (Å²) >= 11 is 0. The van der Waals surface area contributed by atoms with Gasteiger partial charge in [-0.2, -0.15) is 0 Å². The molecule has 0 fully saturated rings. The average molecular weight is 574 g/mol. The zero-order valence-corrected chi connectivity index (χ0v) is 24.8. The van der Waals surface area contributed by atoms with Gasteiger partial charge in [0.2, 0.25) is 5.91 Å². The van der Waals surface area contributed by atoms with Crippen molar-refractivity contribution in [3.05, 3.63) is 83.9 Å². The lowest BCUT2D eigenvalue weighted by molar-refractivity contribution is -0.138. The summed E-state index contributed by atoms with van der Waals surface area (Å²) in [5.41, 5.74) is 2.57.